The summed E-state index contributed by atoms with van der Waals surface area (Å²) in [5.74, 6) is 0.486. The van der Waals surface area contributed by atoms with Crippen LogP contribution >= 0.6 is 0 Å². The van der Waals surface area contributed by atoms with Gasteiger partial charge in [0, 0.05) is 31.2 Å². The van der Waals surface area contributed by atoms with Crippen LogP contribution in [0.25, 0.3) is 10.9 Å². The van der Waals surface area contributed by atoms with Gasteiger partial charge >= 0.3 is 0 Å². The number of methoxy groups -OCH3 is 1. The predicted octanol–water partition coefficient (Wildman–Crippen LogP) is 1.70. The highest BCUT2D eigenvalue weighted by Crippen LogP contribution is 2.28. The number of benzene rings is 1. The van der Waals surface area contributed by atoms with Crippen molar-refractivity contribution in [3.63, 3.8) is 0 Å². The first-order valence-corrected chi connectivity index (χ1v) is 9.78. The average molecular weight is 395 g/mol. The Labute approximate surface area is 169 Å². The highest BCUT2D eigenvalue weighted by atomic mass is 16.5. The molecule has 152 valence electrons. The van der Waals surface area contributed by atoms with Crippen molar-refractivity contribution in [3.8, 4) is 5.75 Å². The first-order valence-electron chi connectivity index (χ1n) is 9.78. The molecule has 1 aliphatic heterocycles. The van der Waals surface area contributed by atoms with Crippen LogP contribution in [0.2, 0.25) is 0 Å². The molecule has 0 aliphatic carbocycles. The molecule has 0 saturated carbocycles. The van der Waals surface area contributed by atoms with Gasteiger partial charge in [0.2, 0.25) is 0 Å². The van der Waals surface area contributed by atoms with Crippen molar-refractivity contribution in [2.75, 3.05) is 40.0 Å². The van der Waals surface area contributed by atoms with Gasteiger partial charge in [0.05, 0.1) is 39.1 Å². The van der Waals surface area contributed by atoms with Crippen LogP contribution in [0.1, 0.15) is 16.2 Å². The van der Waals surface area contributed by atoms with Crippen LogP contribution in [0.5, 0.6) is 5.75 Å². The zero-order chi connectivity index (χ0) is 20.1. The van der Waals surface area contributed by atoms with Crippen molar-refractivity contribution < 1.29 is 14.3 Å². The minimum Gasteiger partial charge on any atom is -0.494 e. The summed E-state index contributed by atoms with van der Waals surface area (Å²) in [6.07, 6.45) is 1.71. The molecule has 8 nitrogen and oxygen atoms in total. The maximum Gasteiger partial charge on any atom is 0.272 e. The SMILES string of the molecule is COc1cccc2c(C(=O)NCc3ccccn3)nn(CCN3CCOCC3)c12. The molecule has 1 aliphatic rings. The van der Waals surface area contributed by atoms with Crippen LogP contribution in [0.4, 0.5) is 0 Å². The molecular formula is C21H25N5O3. The van der Waals surface area contributed by atoms with Gasteiger partial charge < -0.3 is 14.8 Å². The summed E-state index contributed by atoms with van der Waals surface area (Å²) >= 11 is 0. The zero-order valence-electron chi connectivity index (χ0n) is 16.5. The van der Waals surface area contributed by atoms with Gasteiger partial charge in [-0.25, -0.2) is 0 Å². The molecule has 1 saturated heterocycles. The van der Waals surface area contributed by atoms with Crippen LogP contribution in [0.3, 0.4) is 0 Å². The number of carbonyl (C=O) groups is 1. The largest absolute Gasteiger partial charge is 0.494 e. The lowest BCUT2D eigenvalue weighted by molar-refractivity contribution is 0.0361. The van der Waals surface area contributed by atoms with Crippen molar-refractivity contribution >= 4 is 16.8 Å². The van der Waals surface area contributed by atoms with E-state index in [1.165, 1.54) is 0 Å². The van der Waals surface area contributed by atoms with E-state index < -0.39 is 0 Å². The molecule has 0 radical (unpaired) electrons. The monoisotopic (exact) mass is 395 g/mol. The molecule has 3 aromatic rings. The Morgan fingerprint density at radius 2 is 2.03 bits per heavy atom. The first kappa shape index (κ1) is 19.4. The number of ether oxygens (including phenoxy) is 2. The normalized spacial score (nSPS) is 14.8. The minimum absolute atomic E-state index is 0.223. The van der Waals surface area contributed by atoms with E-state index in [1.807, 2.05) is 41.1 Å². The lowest BCUT2D eigenvalue weighted by Gasteiger charge is -2.26. The number of rotatable bonds is 7. The summed E-state index contributed by atoms with van der Waals surface area (Å²) < 4.78 is 12.8. The molecule has 0 atom stereocenters. The van der Waals surface area contributed by atoms with E-state index in [2.05, 4.69) is 20.3 Å². The Hall–Kier alpha value is -2.97. The van der Waals surface area contributed by atoms with Crippen molar-refractivity contribution in [2.24, 2.45) is 0 Å². The van der Waals surface area contributed by atoms with E-state index in [4.69, 9.17) is 9.47 Å². The van der Waals surface area contributed by atoms with Crippen LogP contribution in [-0.4, -0.2) is 65.5 Å². The number of pyridine rings is 1. The Morgan fingerprint density at radius 1 is 1.17 bits per heavy atom. The number of hydrogen-bond donors (Lipinski definition) is 1. The van der Waals surface area contributed by atoms with E-state index in [-0.39, 0.29) is 5.91 Å². The number of hydrogen-bond acceptors (Lipinski definition) is 6. The van der Waals surface area contributed by atoms with E-state index in [9.17, 15) is 4.79 Å². The summed E-state index contributed by atoms with van der Waals surface area (Å²) in [5.41, 5.74) is 2.04. The van der Waals surface area contributed by atoms with E-state index >= 15 is 0 Å². The summed E-state index contributed by atoms with van der Waals surface area (Å²) in [6, 6.07) is 11.3. The third-order valence-corrected chi connectivity index (χ3v) is 5.06. The fourth-order valence-electron chi connectivity index (χ4n) is 3.52. The molecule has 3 heterocycles. The molecule has 1 N–H and O–H groups in total. The number of nitrogens with one attached hydrogen (secondary N) is 1. The third kappa shape index (κ3) is 4.38. The van der Waals surface area contributed by atoms with Crippen LogP contribution in [0.15, 0.2) is 42.6 Å². The molecule has 1 fully saturated rings. The number of morpholine rings is 1. The van der Waals surface area contributed by atoms with E-state index in [0.29, 0.717) is 24.5 Å². The topological polar surface area (TPSA) is 81.5 Å². The minimum atomic E-state index is -0.223. The summed E-state index contributed by atoms with van der Waals surface area (Å²) in [4.78, 5) is 19.5. The maximum absolute atomic E-state index is 12.9. The molecule has 0 bridgehead atoms. The molecule has 29 heavy (non-hydrogen) atoms. The molecule has 8 heteroatoms. The van der Waals surface area contributed by atoms with Crippen LogP contribution < -0.4 is 10.1 Å². The smallest absolute Gasteiger partial charge is 0.272 e. The second kappa shape index (κ2) is 9.02. The number of nitrogens with zero attached hydrogens (tertiary/aromatic N) is 4. The maximum atomic E-state index is 12.9. The highest BCUT2D eigenvalue weighted by molar-refractivity contribution is 6.06. The van der Waals surface area contributed by atoms with Gasteiger partial charge in [0.15, 0.2) is 5.69 Å². The van der Waals surface area contributed by atoms with Gasteiger partial charge in [0.1, 0.15) is 11.3 Å². The molecule has 4 rings (SSSR count). The van der Waals surface area contributed by atoms with Gasteiger partial charge in [0.25, 0.3) is 5.91 Å². The Bertz CT molecular complexity index is 967. The van der Waals surface area contributed by atoms with Crippen LogP contribution in [0, 0.1) is 0 Å². The fraction of sp³-hybridized carbons (Fsp3) is 0.381. The van der Waals surface area contributed by atoms with E-state index in [0.717, 1.165) is 49.4 Å². The molecule has 2 aromatic heterocycles. The lowest BCUT2D eigenvalue weighted by atomic mass is 10.2. The van der Waals surface area contributed by atoms with Crippen LogP contribution in [-0.2, 0) is 17.8 Å². The lowest BCUT2D eigenvalue weighted by Crippen LogP contribution is -2.38. The number of amides is 1. The molecule has 1 amide bonds. The van der Waals surface area contributed by atoms with Gasteiger partial charge in [-0.1, -0.05) is 18.2 Å². The number of carbonyl (C=O) groups excluding carboxylic acids is 1. The van der Waals surface area contributed by atoms with Crippen molar-refractivity contribution in [1.82, 2.24) is 25.0 Å². The van der Waals surface area contributed by atoms with Gasteiger partial charge in [-0.15, -0.1) is 0 Å². The van der Waals surface area contributed by atoms with Crippen molar-refractivity contribution in [1.29, 1.82) is 0 Å². The van der Waals surface area contributed by atoms with Gasteiger partial charge in [-0.05, 0) is 18.2 Å². The standard InChI is InChI=1S/C21H25N5O3/c1-28-18-7-4-6-17-19(21(27)23-15-16-5-2-3-8-22-16)24-26(20(17)18)10-9-25-11-13-29-14-12-25/h2-8H,9-15H2,1H3,(H,23,27). The van der Waals surface area contributed by atoms with Gasteiger partial charge in [-0.3, -0.25) is 19.4 Å². The molecule has 0 spiro atoms. The second-order valence-electron chi connectivity index (χ2n) is 6.89. The summed E-state index contributed by atoms with van der Waals surface area (Å²) in [7, 11) is 1.63. The number of fused-ring (bicyclic) bond motifs is 1. The quantitative estimate of drug-likeness (QED) is 0.656. The molecule has 0 unspecified atom stereocenters. The van der Waals surface area contributed by atoms with Crippen molar-refractivity contribution in [3.05, 3.63) is 54.0 Å². The second-order valence-corrected chi connectivity index (χ2v) is 6.89. The molecular weight excluding hydrogens is 370 g/mol. The summed E-state index contributed by atoms with van der Waals surface area (Å²) in [6.45, 7) is 5.19. The average Bonchev–Trinajstić information content (AvgIpc) is 3.16. The third-order valence-electron chi connectivity index (χ3n) is 5.06. The molecule has 1 aromatic carbocycles. The van der Waals surface area contributed by atoms with Gasteiger partial charge in [-0.2, -0.15) is 5.10 Å². The van der Waals surface area contributed by atoms with E-state index in [1.54, 1.807) is 13.3 Å². The first-order chi connectivity index (χ1) is 14.3. The predicted molar refractivity (Wildman–Crippen MR) is 109 cm³/mol. The highest BCUT2D eigenvalue weighted by Gasteiger charge is 2.20. The Balaban J connectivity index is 1.57. The zero-order valence-corrected chi connectivity index (χ0v) is 16.5. The fourth-order valence-corrected chi connectivity index (χ4v) is 3.52. The number of aromatic nitrogens is 3. The van der Waals surface area contributed by atoms with Crippen molar-refractivity contribution in [2.45, 2.75) is 13.1 Å². The summed E-state index contributed by atoms with van der Waals surface area (Å²) in [5, 5.41) is 8.34. The Kier molecular flexibility index (Phi) is 6.02. The number of para-hydroxylation sites is 1. The Morgan fingerprint density at radius 3 is 2.79 bits per heavy atom.